The molecule has 298 valence electrons. The molecule has 0 unspecified atom stereocenters. The number of fused-ring (bicyclic) bond motifs is 3. The van der Waals surface area contributed by atoms with Crippen molar-refractivity contribution in [2.45, 2.75) is 13.8 Å². The summed E-state index contributed by atoms with van der Waals surface area (Å²) in [4.78, 5) is 2.37. The lowest BCUT2D eigenvalue weighted by Gasteiger charge is -2.26. The predicted octanol–water partition coefficient (Wildman–Crippen LogP) is 17.6. The number of anilines is 3. The molecule has 8 aromatic carbocycles. The Bertz CT molecular complexity index is 3120. The molecule has 9 rings (SSSR count). The molecule has 0 fully saturated rings. The van der Waals surface area contributed by atoms with Gasteiger partial charge in [0.2, 0.25) is 0 Å². The molecular weight excluding hydrogens is 767 g/mol. The number of aryl methyl sites for hydroxylation is 1. The maximum Gasteiger partial charge on any atom is 0.0467 e. The fourth-order valence-corrected chi connectivity index (χ4v) is 9.45. The van der Waals surface area contributed by atoms with Crippen LogP contribution in [-0.2, 0) is 0 Å². The van der Waals surface area contributed by atoms with E-state index >= 15 is 0 Å². The number of nitrogens with zero attached hydrogens (tertiary/aromatic N) is 1. The Labute approximate surface area is 369 Å². The van der Waals surface area contributed by atoms with Crippen LogP contribution in [0.1, 0.15) is 34.7 Å². The molecule has 0 N–H and O–H groups in total. The summed E-state index contributed by atoms with van der Waals surface area (Å²) in [6, 6.07) is 69.9. The molecule has 9 aromatic rings. The summed E-state index contributed by atoms with van der Waals surface area (Å²) in [5, 5.41) is 2.63. The highest BCUT2D eigenvalue weighted by molar-refractivity contribution is 7.26. The zero-order chi connectivity index (χ0) is 42.3. The minimum absolute atomic E-state index is 1.08. The van der Waals surface area contributed by atoms with Crippen LogP contribution in [0.4, 0.5) is 17.1 Å². The van der Waals surface area contributed by atoms with Gasteiger partial charge in [-0.2, -0.15) is 0 Å². The highest BCUT2D eigenvalue weighted by Gasteiger charge is 2.16. The quantitative estimate of drug-likeness (QED) is 0.111. The van der Waals surface area contributed by atoms with Gasteiger partial charge in [0, 0.05) is 37.2 Å². The van der Waals surface area contributed by atoms with Gasteiger partial charge in [0.05, 0.1) is 0 Å². The number of thiophene rings is 1. The third-order valence-corrected chi connectivity index (χ3v) is 12.6. The molecule has 0 radical (unpaired) electrons. The Morgan fingerprint density at radius 1 is 0.532 bits per heavy atom. The molecule has 0 aliphatic carbocycles. The molecule has 1 aromatic heterocycles. The number of hydrogen-bond acceptors (Lipinski definition) is 2. The third-order valence-electron chi connectivity index (χ3n) is 11.4. The van der Waals surface area contributed by atoms with Crippen LogP contribution in [0.25, 0.3) is 65.7 Å². The van der Waals surface area contributed by atoms with Crippen LogP contribution < -0.4 is 4.90 Å². The maximum atomic E-state index is 3.88. The molecule has 0 spiro atoms. The van der Waals surface area contributed by atoms with Gasteiger partial charge in [0.1, 0.15) is 0 Å². The lowest BCUT2D eigenvalue weighted by atomic mass is 9.98. The summed E-state index contributed by atoms with van der Waals surface area (Å²) >= 11 is 1.87. The van der Waals surface area contributed by atoms with Gasteiger partial charge in [-0.15, -0.1) is 11.3 Å². The second-order valence-corrected chi connectivity index (χ2v) is 16.5. The highest BCUT2D eigenvalue weighted by atomic mass is 32.1. The largest absolute Gasteiger partial charge is 0.310 e. The summed E-state index contributed by atoms with van der Waals surface area (Å²) in [7, 11) is 0. The Balaban J connectivity index is 1.12. The minimum atomic E-state index is 1.08. The van der Waals surface area contributed by atoms with Gasteiger partial charge in [-0.25, -0.2) is 0 Å². The molecule has 1 nitrogen and oxygen atoms in total. The van der Waals surface area contributed by atoms with Crippen molar-refractivity contribution in [1.29, 1.82) is 0 Å². The van der Waals surface area contributed by atoms with E-state index in [1.54, 1.807) is 0 Å². The Morgan fingerprint density at radius 2 is 1.19 bits per heavy atom. The molecule has 0 atom stereocenters. The molecule has 0 aliphatic heterocycles. The summed E-state index contributed by atoms with van der Waals surface area (Å²) < 4.78 is 2.64. The fourth-order valence-electron chi connectivity index (χ4n) is 8.21. The Hall–Kier alpha value is -7.52. The summed E-state index contributed by atoms with van der Waals surface area (Å²) in [5.74, 6) is 0. The maximum absolute atomic E-state index is 3.88. The van der Waals surface area contributed by atoms with Crippen LogP contribution in [0.5, 0.6) is 0 Å². The third kappa shape index (κ3) is 8.56. The van der Waals surface area contributed by atoms with Gasteiger partial charge in [-0.05, 0) is 118 Å². The molecule has 1 heterocycles. The van der Waals surface area contributed by atoms with Crippen LogP contribution in [0.2, 0.25) is 0 Å². The summed E-state index contributed by atoms with van der Waals surface area (Å²) in [6.45, 7) is 8.22. The van der Waals surface area contributed by atoms with Crippen molar-refractivity contribution < 1.29 is 0 Å². The van der Waals surface area contributed by atoms with Crippen LogP contribution in [0.15, 0.2) is 231 Å². The van der Waals surface area contributed by atoms with Gasteiger partial charge in [0.25, 0.3) is 0 Å². The number of rotatable bonds is 12. The monoisotopic (exact) mass is 813 g/mol. The van der Waals surface area contributed by atoms with E-state index in [-0.39, 0.29) is 0 Å². The minimum Gasteiger partial charge on any atom is -0.310 e. The van der Waals surface area contributed by atoms with E-state index in [9.17, 15) is 0 Å². The van der Waals surface area contributed by atoms with Crippen molar-refractivity contribution in [2.75, 3.05) is 4.90 Å². The molecular formula is C60H47NS. The predicted molar refractivity (Wildman–Crippen MR) is 272 cm³/mol. The van der Waals surface area contributed by atoms with Gasteiger partial charge in [0.15, 0.2) is 0 Å². The first-order chi connectivity index (χ1) is 30.5. The van der Waals surface area contributed by atoms with E-state index in [0.29, 0.717) is 0 Å². The Morgan fingerprint density at radius 3 is 1.97 bits per heavy atom. The molecule has 0 bridgehead atoms. The average Bonchev–Trinajstić information content (AvgIpc) is 3.71. The van der Waals surface area contributed by atoms with E-state index in [1.165, 1.54) is 64.7 Å². The van der Waals surface area contributed by atoms with E-state index < -0.39 is 0 Å². The van der Waals surface area contributed by atoms with Gasteiger partial charge < -0.3 is 4.90 Å². The smallest absolute Gasteiger partial charge is 0.0467 e. The van der Waals surface area contributed by atoms with Crippen molar-refractivity contribution in [1.82, 2.24) is 0 Å². The summed E-state index contributed by atoms with van der Waals surface area (Å²) in [6.07, 6.45) is 14.8. The zero-order valence-electron chi connectivity index (χ0n) is 35.1. The lowest BCUT2D eigenvalue weighted by Crippen LogP contribution is -2.10. The fraction of sp³-hybridized carbons (Fsp3) is 0.0333. The Kier molecular flexibility index (Phi) is 11.8. The van der Waals surface area contributed by atoms with E-state index in [0.717, 1.165) is 33.8 Å². The standard InChI is InChI=1S/C60H47NS/c1-4-5-28-55-43(2)18-14-23-48(55)24-15-25-50(41-44(3)45-19-8-6-9-20-45)47-33-37-52(38-34-47)61(54-27-16-26-51(42-54)46-21-10-7-11-22-46)53-39-35-49(36-40-53)56-30-17-31-58-57-29-12-13-32-59(57)62-60(56)58/h4-42H,1H2,2-3H3/b24-15+,28-5-,44-41+,50-25+. The molecule has 0 amide bonds. The van der Waals surface area contributed by atoms with Crippen molar-refractivity contribution >= 4 is 71.9 Å². The lowest BCUT2D eigenvalue weighted by molar-refractivity contribution is 1.28. The van der Waals surface area contributed by atoms with Crippen molar-refractivity contribution in [3.8, 4) is 22.3 Å². The van der Waals surface area contributed by atoms with Crippen LogP contribution >= 0.6 is 11.3 Å². The van der Waals surface area contributed by atoms with Crippen LogP contribution in [-0.4, -0.2) is 0 Å². The second-order valence-electron chi connectivity index (χ2n) is 15.5. The molecule has 0 saturated carbocycles. The van der Waals surface area contributed by atoms with Crippen LogP contribution in [0, 0.1) is 6.92 Å². The molecule has 2 heteroatoms. The topological polar surface area (TPSA) is 3.24 Å². The molecule has 0 aliphatic rings. The highest BCUT2D eigenvalue weighted by Crippen LogP contribution is 2.42. The molecule has 0 saturated heterocycles. The normalized spacial score (nSPS) is 12.2. The first-order valence-electron chi connectivity index (χ1n) is 21.1. The van der Waals surface area contributed by atoms with Gasteiger partial charge in [-0.1, -0.05) is 201 Å². The molecule has 62 heavy (non-hydrogen) atoms. The summed E-state index contributed by atoms with van der Waals surface area (Å²) in [5.41, 5.74) is 16.3. The zero-order valence-corrected chi connectivity index (χ0v) is 35.9. The number of benzene rings is 8. The van der Waals surface area contributed by atoms with Crippen molar-refractivity contribution in [3.05, 3.63) is 259 Å². The van der Waals surface area contributed by atoms with E-state index in [2.05, 4.69) is 250 Å². The van der Waals surface area contributed by atoms with Gasteiger partial charge in [-0.3, -0.25) is 0 Å². The SMILES string of the molecule is C=C/C=C\c1c(C)cccc1/C=C/C=C(\C=C(/C)c1ccccc1)c1ccc(N(c2ccc(-c3cccc4c3sc3ccccc34)cc2)c2cccc(-c3ccccc3)c2)cc1. The second kappa shape index (κ2) is 18.4. The first-order valence-corrected chi connectivity index (χ1v) is 21.9. The van der Waals surface area contributed by atoms with Crippen LogP contribution in [0.3, 0.4) is 0 Å². The van der Waals surface area contributed by atoms with Crippen molar-refractivity contribution in [3.63, 3.8) is 0 Å². The van der Waals surface area contributed by atoms with Crippen molar-refractivity contribution in [2.24, 2.45) is 0 Å². The average molecular weight is 814 g/mol. The van der Waals surface area contributed by atoms with E-state index in [4.69, 9.17) is 0 Å². The van der Waals surface area contributed by atoms with Gasteiger partial charge >= 0.3 is 0 Å². The number of allylic oxidation sites excluding steroid dienone is 7. The van der Waals surface area contributed by atoms with E-state index in [1.807, 2.05) is 23.5 Å². The number of hydrogen-bond donors (Lipinski definition) is 0. The first kappa shape index (κ1) is 39.9.